The number of sulfonamides is 1. The lowest BCUT2D eigenvalue weighted by Crippen LogP contribution is -2.40. The first kappa shape index (κ1) is 19.4. The van der Waals surface area contributed by atoms with Gasteiger partial charge in [-0.05, 0) is 65.8 Å². The summed E-state index contributed by atoms with van der Waals surface area (Å²) >= 11 is 0. The van der Waals surface area contributed by atoms with Crippen LogP contribution in [0.1, 0.15) is 41.5 Å². The van der Waals surface area contributed by atoms with Crippen LogP contribution in [0.15, 0.2) is 29.2 Å². The molecule has 1 aromatic carbocycles. The zero-order chi connectivity index (χ0) is 17.8. The van der Waals surface area contributed by atoms with Gasteiger partial charge in [0.2, 0.25) is 10.0 Å². The van der Waals surface area contributed by atoms with Gasteiger partial charge in [0.25, 0.3) is 5.91 Å². The van der Waals surface area contributed by atoms with Crippen molar-refractivity contribution in [3.63, 3.8) is 0 Å². The summed E-state index contributed by atoms with van der Waals surface area (Å²) in [7, 11) is -3.58. The first-order chi connectivity index (χ1) is 10.4. The molecule has 0 bridgehead atoms. The van der Waals surface area contributed by atoms with Gasteiger partial charge in [-0.25, -0.2) is 13.1 Å². The molecule has 0 spiro atoms. The summed E-state index contributed by atoms with van der Waals surface area (Å²) in [6, 6.07) is 6.02. The zero-order valence-electron chi connectivity index (χ0n) is 14.5. The first-order valence-corrected chi connectivity index (χ1v) is 9.00. The van der Waals surface area contributed by atoms with E-state index < -0.39 is 21.7 Å². The average Bonchev–Trinajstić information content (AvgIpc) is 2.35. The Bertz CT molecular complexity index is 631. The zero-order valence-corrected chi connectivity index (χ0v) is 15.3. The molecule has 0 unspecified atom stereocenters. The summed E-state index contributed by atoms with van der Waals surface area (Å²) in [5, 5.41) is 2.75. The van der Waals surface area contributed by atoms with Crippen LogP contribution in [0, 0.1) is 0 Å². The van der Waals surface area contributed by atoms with Crippen LogP contribution < -0.4 is 14.8 Å². The molecule has 0 aliphatic heterocycles. The van der Waals surface area contributed by atoms with Gasteiger partial charge in [0, 0.05) is 11.6 Å². The normalized spacial score (nSPS) is 13.7. The average molecular weight is 342 g/mol. The number of carbonyl (C=O) groups excluding carboxylic acids is 1. The maximum atomic E-state index is 12.2. The summed E-state index contributed by atoms with van der Waals surface area (Å²) in [6.45, 7) is 10.7. The molecule has 130 valence electrons. The number of benzene rings is 1. The van der Waals surface area contributed by atoms with Crippen molar-refractivity contribution in [3.05, 3.63) is 24.3 Å². The number of ether oxygens (including phenoxy) is 1. The molecule has 0 saturated heterocycles. The monoisotopic (exact) mass is 342 g/mol. The fourth-order valence-corrected chi connectivity index (χ4v) is 3.24. The van der Waals surface area contributed by atoms with Crippen molar-refractivity contribution in [3.8, 4) is 5.75 Å². The molecule has 0 heterocycles. The lowest BCUT2D eigenvalue weighted by Gasteiger charge is -2.20. The highest BCUT2D eigenvalue weighted by Crippen LogP contribution is 2.18. The minimum absolute atomic E-state index is 0.0320. The molecule has 0 aliphatic rings. The second-order valence-corrected chi connectivity index (χ2v) is 8.43. The molecule has 23 heavy (non-hydrogen) atoms. The van der Waals surface area contributed by atoms with Crippen LogP contribution in [0.4, 0.5) is 0 Å². The molecular weight excluding hydrogens is 316 g/mol. The Labute approximate surface area is 138 Å². The molecule has 0 saturated carbocycles. The van der Waals surface area contributed by atoms with Gasteiger partial charge in [-0.1, -0.05) is 0 Å². The first-order valence-electron chi connectivity index (χ1n) is 7.52. The molecular formula is C16H26N2O4S. The van der Waals surface area contributed by atoms with Crippen LogP contribution in [0.5, 0.6) is 5.75 Å². The minimum Gasteiger partial charge on any atom is -0.481 e. The second kappa shape index (κ2) is 7.31. The fraction of sp³-hybridized carbons (Fsp3) is 0.562. The molecule has 1 rings (SSSR count). The third-order valence-corrected chi connectivity index (χ3v) is 4.46. The molecule has 0 radical (unpaired) electrons. The number of amides is 1. The summed E-state index contributed by atoms with van der Waals surface area (Å²) in [5.74, 6) is 0.220. The number of carbonyl (C=O) groups is 1. The molecule has 2 N–H and O–H groups in total. The molecule has 1 atom stereocenters. The van der Waals surface area contributed by atoms with Gasteiger partial charge in [0.15, 0.2) is 6.10 Å². The summed E-state index contributed by atoms with van der Waals surface area (Å²) < 4.78 is 32.5. The van der Waals surface area contributed by atoms with Gasteiger partial charge in [0.1, 0.15) is 5.75 Å². The van der Waals surface area contributed by atoms with Crippen LogP contribution >= 0.6 is 0 Å². The van der Waals surface area contributed by atoms with Gasteiger partial charge < -0.3 is 10.1 Å². The van der Waals surface area contributed by atoms with Crippen LogP contribution in [0.2, 0.25) is 0 Å². The van der Waals surface area contributed by atoms with Gasteiger partial charge >= 0.3 is 0 Å². The second-order valence-electron chi connectivity index (χ2n) is 6.75. The lowest BCUT2D eigenvalue weighted by molar-refractivity contribution is -0.127. The van der Waals surface area contributed by atoms with E-state index in [9.17, 15) is 13.2 Å². The topological polar surface area (TPSA) is 84.5 Å². The summed E-state index contributed by atoms with van der Waals surface area (Å²) in [5.41, 5.74) is -0.558. The van der Waals surface area contributed by atoms with E-state index in [-0.39, 0.29) is 16.8 Å². The molecule has 0 aliphatic carbocycles. The summed E-state index contributed by atoms with van der Waals surface area (Å²) in [6.07, 6.45) is -0.660. The number of hydrogen-bond acceptors (Lipinski definition) is 4. The van der Waals surface area contributed by atoms with Gasteiger partial charge in [-0.15, -0.1) is 0 Å². The Balaban J connectivity index is 2.79. The highest BCUT2D eigenvalue weighted by atomic mass is 32.2. The van der Waals surface area contributed by atoms with E-state index in [0.29, 0.717) is 5.75 Å². The Hall–Kier alpha value is -1.60. The maximum Gasteiger partial charge on any atom is 0.260 e. The number of nitrogens with one attached hydrogen (secondary N) is 2. The molecule has 1 aromatic rings. The van der Waals surface area contributed by atoms with E-state index in [1.807, 2.05) is 13.8 Å². The Morgan fingerprint density at radius 2 is 1.61 bits per heavy atom. The predicted octanol–water partition coefficient (Wildman–Crippen LogP) is 2.06. The molecule has 1 amide bonds. The standard InChI is InChI=1S/C16H26N2O4S/c1-11(2)17-15(19)12(3)22-13-7-9-14(10-8-13)23(20,21)18-16(4,5)6/h7-12,18H,1-6H3,(H,17,19)/t12-/m1/s1. The Kier molecular flexibility index (Phi) is 6.18. The molecule has 0 fully saturated rings. The van der Waals surface area contributed by atoms with Crippen molar-refractivity contribution in [1.82, 2.24) is 10.0 Å². The smallest absolute Gasteiger partial charge is 0.260 e. The quantitative estimate of drug-likeness (QED) is 0.829. The third-order valence-electron chi connectivity index (χ3n) is 2.69. The van der Waals surface area contributed by atoms with Gasteiger partial charge in [0.05, 0.1) is 4.90 Å². The largest absolute Gasteiger partial charge is 0.481 e. The van der Waals surface area contributed by atoms with Crippen molar-refractivity contribution in [2.45, 2.75) is 64.1 Å². The SMILES string of the molecule is CC(C)NC(=O)[C@@H](C)Oc1ccc(S(=O)(=O)NC(C)(C)C)cc1. The van der Waals surface area contributed by atoms with Crippen LogP contribution in [0.3, 0.4) is 0 Å². The fourth-order valence-electron chi connectivity index (χ4n) is 1.82. The highest BCUT2D eigenvalue weighted by Gasteiger charge is 2.22. The Morgan fingerprint density at radius 1 is 1.09 bits per heavy atom. The predicted molar refractivity (Wildman–Crippen MR) is 89.9 cm³/mol. The van der Waals surface area contributed by atoms with E-state index in [1.165, 1.54) is 24.3 Å². The lowest BCUT2D eigenvalue weighted by atomic mass is 10.1. The van der Waals surface area contributed by atoms with E-state index in [1.54, 1.807) is 27.7 Å². The van der Waals surface area contributed by atoms with Crippen LogP contribution in [-0.4, -0.2) is 32.0 Å². The van der Waals surface area contributed by atoms with Crippen molar-refractivity contribution in [2.24, 2.45) is 0 Å². The third kappa shape index (κ3) is 6.58. The van der Waals surface area contributed by atoms with Crippen molar-refractivity contribution >= 4 is 15.9 Å². The van der Waals surface area contributed by atoms with Gasteiger partial charge in [-0.2, -0.15) is 0 Å². The van der Waals surface area contributed by atoms with Crippen LogP contribution in [-0.2, 0) is 14.8 Å². The van der Waals surface area contributed by atoms with E-state index in [0.717, 1.165) is 0 Å². The van der Waals surface area contributed by atoms with E-state index in [4.69, 9.17) is 4.74 Å². The van der Waals surface area contributed by atoms with E-state index >= 15 is 0 Å². The van der Waals surface area contributed by atoms with Crippen molar-refractivity contribution in [2.75, 3.05) is 0 Å². The number of rotatable bonds is 6. The maximum absolute atomic E-state index is 12.2. The van der Waals surface area contributed by atoms with E-state index in [2.05, 4.69) is 10.0 Å². The van der Waals surface area contributed by atoms with Crippen molar-refractivity contribution in [1.29, 1.82) is 0 Å². The summed E-state index contributed by atoms with van der Waals surface area (Å²) in [4.78, 5) is 12.0. The minimum atomic E-state index is -3.58. The van der Waals surface area contributed by atoms with Gasteiger partial charge in [-0.3, -0.25) is 4.79 Å². The highest BCUT2D eigenvalue weighted by molar-refractivity contribution is 7.89. The molecule has 6 nitrogen and oxygen atoms in total. The van der Waals surface area contributed by atoms with Crippen molar-refractivity contribution < 1.29 is 17.9 Å². The Morgan fingerprint density at radius 3 is 2.04 bits per heavy atom. The molecule has 7 heteroatoms. The number of hydrogen-bond donors (Lipinski definition) is 2. The van der Waals surface area contributed by atoms with Crippen LogP contribution in [0.25, 0.3) is 0 Å². The molecule has 0 aromatic heterocycles.